The van der Waals surface area contributed by atoms with Crippen molar-refractivity contribution in [2.45, 2.75) is 32.1 Å². The Labute approximate surface area is 114 Å². The van der Waals surface area contributed by atoms with Gasteiger partial charge in [0.05, 0.1) is 14.2 Å². The molecule has 1 amide bonds. The number of fused-ring (bicyclic) bond motifs is 1. The van der Waals surface area contributed by atoms with E-state index in [1.807, 2.05) is 0 Å². The molecule has 0 saturated carbocycles. The molecule has 104 valence electrons. The Hall–Kier alpha value is -1.71. The molecule has 1 aliphatic carbocycles. The molecule has 0 radical (unpaired) electrons. The maximum Gasteiger partial charge on any atom is 0.216 e. The van der Waals surface area contributed by atoms with Crippen LogP contribution in [-0.4, -0.2) is 26.7 Å². The van der Waals surface area contributed by atoms with E-state index in [-0.39, 0.29) is 5.91 Å². The third kappa shape index (κ3) is 3.00. The fourth-order valence-corrected chi connectivity index (χ4v) is 2.74. The van der Waals surface area contributed by atoms with Gasteiger partial charge in [-0.2, -0.15) is 0 Å². The van der Waals surface area contributed by atoms with Gasteiger partial charge in [0, 0.05) is 13.5 Å². The van der Waals surface area contributed by atoms with E-state index in [0.717, 1.165) is 37.3 Å². The molecule has 0 aliphatic heterocycles. The average molecular weight is 263 g/mol. The number of rotatable bonds is 5. The summed E-state index contributed by atoms with van der Waals surface area (Å²) in [4.78, 5) is 10.9. The van der Waals surface area contributed by atoms with Gasteiger partial charge >= 0.3 is 0 Å². The van der Waals surface area contributed by atoms with Crippen LogP contribution in [0.25, 0.3) is 0 Å². The number of benzene rings is 1. The van der Waals surface area contributed by atoms with Crippen molar-refractivity contribution < 1.29 is 14.3 Å². The van der Waals surface area contributed by atoms with Crippen LogP contribution in [-0.2, 0) is 11.2 Å². The van der Waals surface area contributed by atoms with Gasteiger partial charge in [-0.3, -0.25) is 4.79 Å². The van der Waals surface area contributed by atoms with Crippen LogP contribution in [0.2, 0.25) is 0 Å². The fourth-order valence-electron chi connectivity index (χ4n) is 2.74. The van der Waals surface area contributed by atoms with Gasteiger partial charge in [-0.1, -0.05) is 0 Å². The predicted molar refractivity (Wildman–Crippen MR) is 73.9 cm³/mol. The van der Waals surface area contributed by atoms with Gasteiger partial charge in [-0.25, -0.2) is 0 Å². The van der Waals surface area contributed by atoms with E-state index in [4.69, 9.17) is 9.47 Å². The van der Waals surface area contributed by atoms with Crippen molar-refractivity contribution in [1.29, 1.82) is 0 Å². The highest BCUT2D eigenvalue weighted by atomic mass is 16.5. The Balaban J connectivity index is 2.12. The lowest BCUT2D eigenvalue weighted by molar-refractivity contribution is -0.118. The Morgan fingerprint density at radius 2 is 2.00 bits per heavy atom. The summed E-state index contributed by atoms with van der Waals surface area (Å²) in [6, 6.07) is 4.16. The summed E-state index contributed by atoms with van der Waals surface area (Å²) in [5.41, 5.74) is 2.67. The highest BCUT2D eigenvalue weighted by Crippen LogP contribution is 2.41. The van der Waals surface area contributed by atoms with Crippen LogP contribution in [0.15, 0.2) is 12.1 Å². The number of aryl methyl sites for hydroxylation is 1. The maximum absolute atomic E-state index is 10.9. The summed E-state index contributed by atoms with van der Waals surface area (Å²) in [5.74, 6) is 2.11. The van der Waals surface area contributed by atoms with Crippen molar-refractivity contribution in [3.05, 3.63) is 23.3 Å². The predicted octanol–water partition coefficient (Wildman–Crippen LogP) is 2.26. The fraction of sp³-hybridized carbons (Fsp3) is 0.533. The second-order valence-corrected chi connectivity index (χ2v) is 4.91. The van der Waals surface area contributed by atoms with Crippen LogP contribution in [0, 0.1) is 0 Å². The molecule has 0 aromatic heterocycles. The lowest BCUT2D eigenvalue weighted by Crippen LogP contribution is -2.22. The SMILES string of the molecule is COc1cc2c(cc1OC)C(CCNC(C)=O)CC2. The summed E-state index contributed by atoms with van der Waals surface area (Å²) < 4.78 is 10.7. The molecule has 2 rings (SSSR count). The van der Waals surface area contributed by atoms with Crippen molar-refractivity contribution in [2.75, 3.05) is 20.8 Å². The van der Waals surface area contributed by atoms with Gasteiger partial charge in [-0.05, 0) is 48.4 Å². The minimum atomic E-state index is 0.0329. The molecule has 1 atom stereocenters. The van der Waals surface area contributed by atoms with E-state index in [0.29, 0.717) is 5.92 Å². The first-order valence-corrected chi connectivity index (χ1v) is 6.65. The van der Waals surface area contributed by atoms with E-state index in [9.17, 15) is 4.79 Å². The number of amides is 1. The van der Waals surface area contributed by atoms with E-state index < -0.39 is 0 Å². The molecule has 1 aromatic carbocycles. The molecule has 0 heterocycles. The molecule has 1 aliphatic rings. The van der Waals surface area contributed by atoms with Crippen LogP contribution in [0.3, 0.4) is 0 Å². The average Bonchev–Trinajstić information content (AvgIpc) is 2.79. The number of carbonyl (C=O) groups is 1. The van der Waals surface area contributed by atoms with Crippen molar-refractivity contribution in [3.8, 4) is 11.5 Å². The zero-order chi connectivity index (χ0) is 13.8. The minimum absolute atomic E-state index is 0.0329. The van der Waals surface area contributed by atoms with Crippen molar-refractivity contribution in [3.63, 3.8) is 0 Å². The van der Waals surface area contributed by atoms with Crippen LogP contribution < -0.4 is 14.8 Å². The second-order valence-electron chi connectivity index (χ2n) is 4.91. The quantitative estimate of drug-likeness (QED) is 0.886. The smallest absolute Gasteiger partial charge is 0.216 e. The number of carbonyl (C=O) groups excluding carboxylic acids is 1. The summed E-state index contributed by atoms with van der Waals surface area (Å²) in [7, 11) is 3.32. The van der Waals surface area contributed by atoms with E-state index in [2.05, 4.69) is 17.4 Å². The van der Waals surface area contributed by atoms with Crippen LogP contribution in [0.4, 0.5) is 0 Å². The minimum Gasteiger partial charge on any atom is -0.493 e. The van der Waals surface area contributed by atoms with E-state index in [1.54, 1.807) is 21.1 Å². The Bertz CT molecular complexity index is 471. The summed E-state index contributed by atoms with van der Waals surface area (Å²) in [5, 5.41) is 2.86. The molecule has 0 saturated heterocycles. The highest BCUT2D eigenvalue weighted by Gasteiger charge is 2.24. The van der Waals surface area contributed by atoms with Crippen molar-refractivity contribution in [1.82, 2.24) is 5.32 Å². The summed E-state index contributed by atoms with van der Waals surface area (Å²) in [6.07, 6.45) is 3.17. The van der Waals surface area contributed by atoms with Gasteiger partial charge < -0.3 is 14.8 Å². The highest BCUT2D eigenvalue weighted by molar-refractivity contribution is 5.72. The second kappa shape index (κ2) is 5.95. The first-order valence-electron chi connectivity index (χ1n) is 6.65. The molecule has 1 unspecified atom stereocenters. The number of ether oxygens (including phenoxy) is 2. The van der Waals surface area contributed by atoms with E-state index in [1.165, 1.54) is 11.1 Å². The molecule has 1 N–H and O–H groups in total. The van der Waals surface area contributed by atoms with Crippen LogP contribution in [0.1, 0.15) is 36.8 Å². The van der Waals surface area contributed by atoms with Gasteiger partial charge in [0.1, 0.15) is 0 Å². The molecular formula is C15H21NO3. The molecule has 4 nitrogen and oxygen atoms in total. The number of methoxy groups -OCH3 is 2. The van der Waals surface area contributed by atoms with Gasteiger partial charge in [-0.15, -0.1) is 0 Å². The molecular weight excluding hydrogens is 242 g/mol. The van der Waals surface area contributed by atoms with Crippen molar-refractivity contribution >= 4 is 5.91 Å². The normalized spacial score (nSPS) is 16.9. The molecule has 0 fully saturated rings. The molecule has 0 spiro atoms. The Kier molecular flexibility index (Phi) is 4.30. The third-order valence-electron chi connectivity index (χ3n) is 3.71. The summed E-state index contributed by atoms with van der Waals surface area (Å²) >= 11 is 0. The van der Waals surface area contributed by atoms with Crippen molar-refractivity contribution in [2.24, 2.45) is 0 Å². The molecule has 1 aromatic rings. The molecule has 19 heavy (non-hydrogen) atoms. The van der Waals surface area contributed by atoms with E-state index >= 15 is 0 Å². The summed E-state index contributed by atoms with van der Waals surface area (Å²) in [6.45, 7) is 2.28. The third-order valence-corrected chi connectivity index (χ3v) is 3.71. The number of hydrogen-bond donors (Lipinski definition) is 1. The zero-order valence-corrected chi connectivity index (χ0v) is 11.8. The topological polar surface area (TPSA) is 47.6 Å². The lowest BCUT2D eigenvalue weighted by Gasteiger charge is -2.14. The number of hydrogen-bond acceptors (Lipinski definition) is 3. The van der Waals surface area contributed by atoms with Crippen LogP contribution in [0.5, 0.6) is 11.5 Å². The number of nitrogens with one attached hydrogen (secondary N) is 1. The largest absolute Gasteiger partial charge is 0.493 e. The maximum atomic E-state index is 10.9. The van der Waals surface area contributed by atoms with Crippen LogP contribution >= 0.6 is 0 Å². The van der Waals surface area contributed by atoms with Gasteiger partial charge in [0.25, 0.3) is 0 Å². The lowest BCUT2D eigenvalue weighted by atomic mass is 9.97. The first-order chi connectivity index (χ1) is 9.15. The Morgan fingerprint density at radius 1 is 1.32 bits per heavy atom. The van der Waals surface area contributed by atoms with Gasteiger partial charge in [0.2, 0.25) is 5.91 Å². The molecule has 4 heteroatoms. The monoisotopic (exact) mass is 263 g/mol. The Morgan fingerprint density at radius 3 is 2.63 bits per heavy atom. The zero-order valence-electron chi connectivity index (χ0n) is 11.8. The first kappa shape index (κ1) is 13.7. The molecule has 0 bridgehead atoms. The van der Waals surface area contributed by atoms with Gasteiger partial charge in [0.15, 0.2) is 11.5 Å². The standard InChI is InChI=1S/C15H21NO3/c1-10(17)16-7-6-11-4-5-12-8-14(18-2)15(19-3)9-13(11)12/h8-9,11H,4-7H2,1-3H3,(H,16,17).